The summed E-state index contributed by atoms with van der Waals surface area (Å²) in [5.74, 6) is -0.287. The summed E-state index contributed by atoms with van der Waals surface area (Å²) >= 11 is 8.11. The molecule has 0 atom stereocenters. The van der Waals surface area contributed by atoms with Gasteiger partial charge in [-0.05, 0) is 67.5 Å². The summed E-state index contributed by atoms with van der Waals surface area (Å²) in [4.78, 5) is 28.8. The van der Waals surface area contributed by atoms with Gasteiger partial charge in [0.2, 0.25) is 0 Å². The molecule has 0 saturated heterocycles. The first-order valence-corrected chi connectivity index (χ1v) is 10.8. The molecule has 0 spiro atoms. The smallest absolute Gasteiger partial charge is 0.258 e. The minimum Gasteiger partial charge on any atom is -0.321 e. The zero-order valence-electron chi connectivity index (χ0n) is 16.1. The maximum atomic E-state index is 13.1. The van der Waals surface area contributed by atoms with Crippen molar-refractivity contribution in [1.29, 1.82) is 0 Å². The van der Waals surface area contributed by atoms with Crippen molar-refractivity contribution in [2.75, 3.05) is 16.8 Å². The highest BCUT2D eigenvalue weighted by Crippen LogP contribution is 2.33. The van der Waals surface area contributed by atoms with E-state index in [0.717, 1.165) is 30.5 Å². The Morgan fingerprint density at radius 3 is 2.72 bits per heavy atom. The molecule has 1 aliphatic heterocycles. The molecular formula is C23H21ClN2O2S. The van der Waals surface area contributed by atoms with Crippen LogP contribution >= 0.6 is 22.9 Å². The first-order valence-electron chi connectivity index (χ1n) is 9.59. The van der Waals surface area contributed by atoms with E-state index in [0.29, 0.717) is 28.4 Å². The Labute approximate surface area is 179 Å². The number of hydrogen-bond acceptors (Lipinski definition) is 3. The van der Waals surface area contributed by atoms with E-state index in [1.54, 1.807) is 35.6 Å². The molecule has 0 unspecified atom stereocenters. The van der Waals surface area contributed by atoms with Gasteiger partial charge < -0.3 is 10.2 Å². The minimum atomic E-state index is -0.223. The molecule has 1 aromatic heterocycles. The lowest BCUT2D eigenvalue weighted by atomic mass is 10.1. The number of rotatable bonds is 3. The van der Waals surface area contributed by atoms with E-state index < -0.39 is 0 Å². The molecule has 0 aliphatic carbocycles. The van der Waals surface area contributed by atoms with E-state index in [-0.39, 0.29) is 11.8 Å². The third kappa shape index (κ3) is 4.07. The van der Waals surface area contributed by atoms with E-state index in [2.05, 4.69) is 5.32 Å². The first-order chi connectivity index (χ1) is 14.0. The van der Waals surface area contributed by atoms with Gasteiger partial charge in [0, 0.05) is 22.5 Å². The van der Waals surface area contributed by atoms with Crippen LogP contribution in [0.25, 0.3) is 0 Å². The molecule has 29 heavy (non-hydrogen) atoms. The molecule has 4 rings (SSSR count). The summed E-state index contributed by atoms with van der Waals surface area (Å²) in [7, 11) is 0. The number of carbonyl (C=O) groups excluding carboxylic acids is 2. The van der Waals surface area contributed by atoms with Crippen LogP contribution in [0.4, 0.5) is 11.4 Å². The van der Waals surface area contributed by atoms with Crippen LogP contribution in [0.3, 0.4) is 0 Å². The van der Waals surface area contributed by atoms with E-state index >= 15 is 0 Å². The molecule has 0 bridgehead atoms. The Balaban J connectivity index is 1.55. The lowest BCUT2D eigenvalue weighted by Crippen LogP contribution is -2.31. The van der Waals surface area contributed by atoms with Gasteiger partial charge in [-0.25, -0.2) is 0 Å². The SMILES string of the molecule is Cc1ccccc1C(=O)Nc1ccc(C(=O)N2CCCCc3sccc32)cc1Cl. The molecule has 148 valence electrons. The van der Waals surface area contributed by atoms with Gasteiger partial charge in [-0.3, -0.25) is 9.59 Å². The molecular weight excluding hydrogens is 404 g/mol. The van der Waals surface area contributed by atoms with E-state index in [1.165, 1.54) is 4.88 Å². The van der Waals surface area contributed by atoms with Crippen molar-refractivity contribution in [2.45, 2.75) is 26.2 Å². The van der Waals surface area contributed by atoms with Crippen LogP contribution in [-0.4, -0.2) is 18.4 Å². The van der Waals surface area contributed by atoms with Gasteiger partial charge in [0.15, 0.2) is 0 Å². The monoisotopic (exact) mass is 424 g/mol. The lowest BCUT2D eigenvalue weighted by Gasteiger charge is -2.21. The second kappa shape index (κ2) is 8.39. The van der Waals surface area contributed by atoms with Crippen LogP contribution in [0.1, 0.15) is 44.0 Å². The zero-order valence-corrected chi connectivity index (χ0v) is 17.6. The van der Waals surface area contributed by atoms with Crippen LogP contribution in [0.15, 0.2) is 53.9 Å². The normalized spacial score (nSPS) is 13.5. The van der Waals surface area contributed by atoms with E-state index in [9.17, 15) is 9.59 Å². The van der Waals surface area contributed by atoms with Gasteiger partial charge in [-0.15, -0.1) is 11.3 Å². The second-order valence-electron chi connectivity index (χ2n) is 7.11. The predicted octanol–water partition coefficient (Wildman–Crippen LogP) is 5.95. The van der Waals surface area contributed by atoms with Crippen molar-refractivity contribution in [3.05, 3.63) is 80.5 Å². The van der Waals surface area contributed by atoms with E-state index in [4.69, 9.17) is 11.6 Å². The van der Waals surface area contributed by atoms with Gasteiger partial charge in [0.1, 0.15) is 0 Å². The van der Waals surface area contributed by atoms with Gasteiger partial charge in [-0.1, -0.05) is 29.8 Å². The number of anilines is 2. The Morgan fingerprint density at radius 2 is 1.93 bits per heavy atom. The fourth-order valence-electron chi connectivity index (χ4n) is 3.57. The molecule has 0 radical (unpaired) electrons. The standard InChI is InChI=1S/C23H21ClN2O2S/c1-15-6-2-3-7-17(15)22(27)25-19-10-9-16(14-18(19)24)23(28)26-12-5-4-8-21-20(26)11-13-29-21/h2-3,6-7,9-11,13-14H,4-5,8,12H2,1H3,(H,25,27). The summed E-state index contributed by atoms with van der Waals surface area (Å²) in [6.45, 7) is 2.59. The number of thiophene rings is 1. The van der Waals surface area contributed by atoms with Crippen LogP contribution in [0.5, 0.6) is 0 Å². The Bertz CT molecular complexity index is 1080. The molecule has 2 amide bonds. The molecule has 0 fully saturated rings. The molecule has 1 N–H and O–H groups in total. The van der Waals surface area contributed by atoms with Crippen molar-refractivity contribution in [3.8, 4) is 0 Å². The molecule has 3 aromatic rings. The van der Waals surface area contributed by atoms with Crippen LogP contribution in [0, 0.1) is 6.92 Å². The number of nitrogens with zero attached hydrogens (tertiary/aromatic N) is 1. The molecule has 0 saturated carbocycles. The maximum absolute atomic E-state index is 13.1. The van der Waals surface area contributed by atoms with Crippen molar-refractivity contribution in [1.82, 2.24) is 0 Å². The largest absolute Gasteiger partial charge is 0.321 e. The molecule has 1 aliphatic rings. The maximum Gasteiger partial charge on any atom is 0.258 e. The third-order valence-corrected chi connectivity index (χ3v) is 6.43. The summed E-state index contributed by atoms with van der Waals surface area (Å²) in [5.41, 5.74) is 3.50. The number of amides is 2. The number of halogens is 1. The lowest BCUT2D eigenvalue weighted by molar-refractivity contribution is 0.0985. The molecule has 2 aromatic carbocycles. The topological polar surface area (TPSA) is 49.4 Å². The highest BCUT2D eigenvalue weighted by molar-refractivity contribution is 7.10. The van der Waals surface area contributed by atoms with Gasteiger partial charge in [0.05, 0.1) is 16.4 Å². The number of carbonyl (C=O) groups is 2. The number of aryl methyl sites for hydroxylation is 2. The minimum absolute atomic E-state index is 0.0646. The fourth-order valence-corrected chi connectivity index (χ4v) is 4.72. The quantitative estimate of drug-likeness (QED) is 0.565. The van der Waals surface area contributed by atoms with Gasteiger partial charge in [0.25, 0.3) is 11.8 Å². The van der Waals surface area contributed by atoms with E-state index in [1.807, 2.05) is 41.5 Å². The average Bonchev–Trinajstić information content (AvgIpc) is 3.08. The molecule has 6 heteroatoms. The van der Waals surface area contributed by atoms with Crippen LogP contribution in [-0.2, 0) is 6.42 Å². The van der Waals surface area contributed by atoms with Crippen molar-refractivity contribution in [3.63, 3.8) is 0 Å². The van der Waals surface area contributed by atoms with Crippen molar-refractivity contribution >= 4 is 46.1 Å². The number of benzene rings is 2. The summed E-state index contributed by atoms with van der Waals surface area (Å²) in [6, 6.07) is 14.4. The highest BCUT2D eigenvalue weighted by Gasteiger charge is 2.24. The number of fused-ring (bicyclic) bond motifs is 1. The van der Waals surface area contributed by atoms with Crippen molar-refractivity contribution in [2.24, 2.45) is 0 Å². The summed E-state index contributed by atoms with van der Waals surface area (Å²) in [6.07, 6.45) is 3.08. The van der Waals surface area contributed by atoms with Gasteiger partial charge >= 0.3 is 0 Å². The summed E-state index contributed by atoms with van der Waals surface area (Å²) in [5, 5.41) is 5.22. The first kappa shape index (κ1) is 19.7. The molecule has 4 nitrogen and oxygen atoms in total. The van der Waals surface area contributed by atoms with Gasteiger partial charge in [-0.2, -0.15) is 0 Å². The Morgan fingerprint density at radius 1 is 1.10 bits per heavy atom. The number of hydrogen-bond donors (Lipinski definition) is 1. The van der Waals surface area contributed by atoms with Crippen LogP contribution < -0.4 is 10.2 Å². The number of nitrogens with one attached hydrogen (secondary N) is 1. The van der Waals surface area contributed by atoms with Crippen LogP contribution in [0.2, 0.25) is 5.02 Å². The average molecular weight is 425 g/mol. The zero-order chi connectivity index (χ0) is 20.4. The fraction of sp³-hybridized carbons (Fsp3) is 0.217. The molecule has 2 heterocycles. The highest BCUT2D eigenvalue weighted by atomic mass is 35.5. The summed E-state index contributed by atoms with van der Waals surface area (Å²) < 4.78 is 0. The second-order valence-corrected chi connectivity index (χ2v) is 8.51. The Kier molecular flexibility index (Phi) is 5.69. The van der Waals surface area contributed by atoms with Crippen molar-refractivity contribution < 1.29 is 9.59 Å². The predicted molar refractivity (Wildman–Crippen MR) is 120 cm³/mol. The third-order valence-electron chi connectivity index (χ3n) is 5.15. The Hall–Kier alpha value is -2.63.